The fourth-order valence-corrected chi connectivity index (χ4v) is 1.56. The summed E-state index contributed by atoms with van der Waals surface area (Å²) in [6.45, 7) is 1.82. The van der Waals surface area contributed by atoms with Gasteiger partial charge in [-0.2, -0.15) is 0 Å². The monoisotopic (exact) mass is 222 g/mol. The van der Waals surface area contributed by atoms with Crippen LogP contribution in [0.2, 0.25) is 0 Å². The molecule has 6 heteroatoms. The summed E-state index contributed by atoms with van der Waals surface area (Å²) in [6, 6.07) is 0.543. The summed E-state index contributed by atoms with van der Waals surface area (Å²) >= 11 is 0. The molecule has 86 valence electrons. The van der Waals surface area contributed by atoms with Crippen molar-refractivity contribution in [1.29, 1.82) is 0 Å². The molecule has 0 atom stereocenters. The Morgan fingerprint density at radius 1 is 1.44 bits per heavy atom. The van der Waals surface area contributed by atoms with Crippen LogP contribution >= 0.6 is 0 Å². The average molecular weight is 222 g/mol. The molecule has 1 aromatic heterocycles. The third-order valence-corrected chi connectivity index (χ3v) is 2.77. The summed E-state index contributed by atoms with van der Waals surface area (Å²) in [7, 11) is 4.09. The molecule has 0 spiro atoms. The molecule has 6 nitrogen and oxygen atoms in total. The molecule has 0 radical (unpaired) electrons. The van der Waals surface area contributed by atoms with Crippen LogP contribution in [0.4, 0.5) is 5.82 Å². The third kappa shape index (κ3) is 1.96. The van der Waals surface area contributed by atoms with Crippen molar-refractivity contribution < 1.29 is 9.90 Å². The predicted molar refractivity (Wildman–Crippen MR) is 58.7 cm³/mol. The van der Waals surface area contributed by atoms with Crippen molar-refractivity contribution >= 4 is 11.8 Å². The quantitative estimate of drug-likeness (QED) is 0.771. The highest BCUT2D eigenvalue weighted by atomic mass is 16.4. The zero-order valence-corrected chi connectivity index (χ0v) is 9.29. The lowest BCUT2D eigenvalue weighted by molar-refractivity contribution is 0.0690. The standard InChI is InChI=1S/C10H14N4O2/c1-13(2)7-5-14(6-7)9-4-11-8(3-12-9)10(15)16/h3-4,7H,5-6H2,1-2H3,(H,15,16). The van der Waals surface area contributed by atoms with E-state index in [1.807, 2.05) is 14.1 Å². The summed E-state index contributed by atoms with van der Waals surface area (Å²) in [4.78, 5) is 22.7. The predicted octanol–water partition coefficient (Wildman–Crippen LogP) is -0.0750. The molecule has 0 bridgehead atoms. The van der Waals surface area contributed by atoms with E-state index in [1.165, 1.54) is 12.4 Å². The van der Waals surface area contributed by atoms with E-state index in [0.717, 1.165) is 18.9 Å². The molecular weight excluding hydrogens is 208 g/mol. The molecular formula is C10H14N4O2. The SMILES string of the molecule is CN(C)C1CN(c2cnc(C(=O)O)cn2)C1. The molecule has 0 saturated carbocycles. The number of likely N-dealkylation sites (N-methyl/N-ethyl adjacent to an activating group) is 1. The van der Waals surface area contributed by atoms with Crippen LogP contribution in [0, 0.1) is 0 Å². The first kappa shape index (κ1) is 10.8. The van der Waals surface area contributed by atoms with Gasteiger partial charge in [0.1, 0.15) is 5.82 Å². The van der Waals surface area contributed by atoms with Crippen molar-refractivity contribution in [2.75, 3.05) is 32.1 Å². The van der Waals surface area contributed by atoms with Gasteiger partial charge in [0.25, 0.3) is 0 Å². The van der Waals surface area contributed by atoms with Crippen molar-refractivity contribution in [3.05, 3.63) is 18.1 Å². The number of anilines is 1. The van der Waals surface area contributed by atoms with Crippen LogP contribution in [0.3, 0.4) is 0 Å². The topological polar surface area (TPSA) is 69.6 Å². The number of carboxylic acids is 1. The fourth-order valence-electron chi connectivity index (χ4n) is 1.56. The molecule has 16 heavy (non-hydrogen) atoms. The summed E-state index contributed by atoms with van der Waals surface area (Å²) in [5.41, 5.74) is -0.0200. The largest absolute Gasteiger partial charge is 0.476 e. The molecule has 1 fully saturated rings. The van der Waals surface area contributed by atoms with E-state index in [1.54, 1.807) is 0 Å². The number of nitrogens with zero attached hydrogens (tertiary/aromatic N) is 4. The first-order valence-corrected chi connectivity index (χ1v) is 5.04. The summed E-state index contributed by atoms with van der Waals surface area (Å²) < 4.78 is 0. The van der Waals surface area contributed by atoms with Gasteiger partial charge in [-0.15, -0.1) is 0 Å². The number of aromatic nitrogens is 2. The summed E-state index contributed by atoms with van der Waals surface area (Å²) in [5.74, 6) is -0.308. The molecule has 1 N–H and O–H groups in total. The Labute approximate surface area is 93.5 Å². The van der Waals surface area contributed by atoms with Crippen LogP contribution < -0.4 is 4.90 Å². The number of carboxylic acid groups (broad SMARTS) is 1. The van der Waals surface area contributed by atoms with E-state index >= 15 is 0 Å². The van der Waals surface area contributed by atoms with Gasteiger partial charge in [-0.3, -0.25) is 0 Å². The highest BCUT2D eigenvalue weighted by Crippen LogP contribution is 2.19. The lowest BCUT2D eigenvalue weighted by atomic mass is 10.1. The van der Waals surface area contributed by atoms with E-state index < -0.39 is 5.97 Å². The van der Waals surface area contributed by atoms with Crippen molar-refractivity contribution in [2.45, 2.75) is 6.04 Å². The highest BCUT2D eigenvalue weighted by molar-refractivity contribution is 5.84. The zero-order chi connectivity index (χ0) is 11.7. The van der Waals surface area contributed by atoms with Gasteiger partial charge in [0, 0.05) is 19.1 Å². The maximum absolute atomic E-state index is 10.6. The second-order valence-electron chi connectivity index (χ2n) is 4.09. The smallest absolute Gasteiger partial charge is 0.356 e. The highest BCUT2D eigenvalue weighted by Gasteiger charge is 2.29. The second-order valence-corrected chi connectivity index (χ2v) is 4.09. The minimum atomic E-state index is -1.05. The van der Waals surface area contributed by atoms with Crippen molar-refractivity contribution in [3.8, 4) is 0 Å². The van der Waals surface area contributed by atoms with E-state index in [9.17, 15) is 4.79 Å². The summed E-state index contributed by atoms with van der Waals surface area (Å²) in [5, 5.41) is 8.68. The molecule has 1 aromatic rings. The maximum atomic E-state index is 10.6. The molecule has 2 rings (SSSR count). The number of hydrogen-bond acceptors (Lipinski definition) is 5. The Morgan fingerprint density at radius 2 is 2.12 bits per heavy atom. The van der Waals surface area contributed by atoms with Gasteiger partial charge in [0.2, 0.25) is 0 Å². The minimum Gasteiger partial charge on any atom is -0.476 e. The molecule has 0 aromatic carbocycles. The Balaban J connectivity index is 1.99. The molecule has 2 heterocycles. The van der Waals surface area contributed by atoms with Crippen LogP contribution in [-0.2, 0) is 0 Å². The van der Waals surface area contributed by atoms with Crippen molar-refractivity contribution in [2.24, 2.45) is 0 Å². The van der Waals surface area contributed by atoms with Gasteiger partial charge in [-0.05, 0) is 14.1 Å². The molecule has 0 amide bonds. The van der Waals surface area contributed by atoms with E-state index in [-0.39, 0.29) is 5.69 Å². The fraction of sp³-hybridized carbons (Fsp3) is 0.500. The molecule has 0 unspecified atom stereocenters. The normalized spacial score (nSPS) is 16.3. The first-order valence-electron chi connectivity index (χ1n) is 5.04. The third-order valence-electron chi connectivity index (χ3n) is 2.77. The van der Waals surface area contributed by atoms with Crippen LogP contribution in [0.15, 0.2) is 12.4 Å². The Kier molecular flexibility index (Phi) is 2.74. The van der Waals surface area contributed by atoms with Gasteiger partial charge in [-0.1, -0.05) is 0 Å². The van der Waals surface area contributed by atoms with E-state index in [0.29, 0.717) is 6.04 Å². The number of hydrogen-bond donors (Lipinski definition) is 1. The molecule has 1 saturated heterocycles. The van der Waals surface area contributed by atoms with Gasteiger partial charge in [0.05, 0.1) is 12.4 Å². The Hall–Kier alpha value is -1.69. The van der Waals surface area contributed by atoms with E-state index in [2.05, 4.69) is 19.8 Å². The van der Waals surface area contributed by atoms with Gasteiger partial charge >= 0.3 is 5.97 Å². The van der Waals surface area contributed by atoms with E-state index in [4.69, 9.17) is 5.11 Å². The van der Waals surface area contributed by atoms with Crippen molar-refractivity contribution in [3.63, 3.8) is 0 Å². The molecule has 1 aliphatic heterocycles. The van der Waals surface area contributed by atoms with Crippen LogP contribution in [0.1, 0.15) is 10.5 Å². The van der Waals surface area contributed by atoms with Gasteiger partial charge in [-0.25, -0.2) is 14.8 Å². The molecule has 1 aliphatic rings. The molecule has 0 aliphatic carbocycles. The van der Waals surface area contributed by atoms with Crippen LogP contribution in [0.25, 0.3) is 0 Å². The van der Waals surface area contributed by atoms with Crippen LogP contribution in [0.5, 0.6) is 0 Å². The van der Waals surface area contributed by atoms with Gasteiger partial charge < -0.3 is 14.9 Å². The van der Waals surface area contributed by atoms with Crippen molar-refractivity contribution in [1.82, 2.24) is 14.9 Å². The Morgan fingerprint density at radius 3 is 2.56 bits per heavy atom. The summed E-state index contributed by atoms with van der Waals surface area (Å²) in [6.07, 6.45) is 2.80. The maximum Gasteiger partial charge on any atom is 0.356 e. The Bertz CT molecular complexity index is 384. The zero-order valence-electron chi connectivity index (χ0n) is 9.29. The number of aromatic carboxylic acids is 1. The minimum absolute atomic E-state index is 0.0200. The first-order chi connectivity index (χ1) is 7.58. The number of rotatable bonds is 3. The second kappa shape index (κ2) is 4.05. The lowest BCUT2D eigenvalue weighted by Gasteiger charge is -2.43. The number of carbonyl (C=O) groups is 1. The van der Waals surface area contributed by atoms with Crippen LogP contribution in [-0.4, -0.2) is 59.2 Å². The van der Waals surface area contributed by atoms with Gasteiger partial charge in [0.15, 0.2) is 5.69 Å². The lowest BCUT2D eigenvalue weighted by Crippen LogP contribution is -2.57. The average Bonchev–Trinajstić information content (AvgIpc) is 2.15.